The molecule has 24 heavy (non-hydrogen) atoms. The molecule has 1 aromatic heterocycles. The number of benzene rings is 1. The minimum atomic E-state index is -0.379. The zero-order valence-corrected chi connectivity index (χ0v) is 14.7. The Morgan fingerprint density at radius 2 is 2.25 bits per heavy atom. The maximum absolute atomic E-state index is 13.7. The number of nitrogens with zero attached hydrogens (tertiary/aromatic N) is 2. The highest BCUT2D eigenvalue weighted by Gasteiger charge is 2.22. The van der Waals surface area contributed by atoms with Crippen LogP contribution in [0.15, 0.2) is 29.6 Å². The number of carbonyl (C=O) groups excluding carboxylic acids is 1. The average Bonchev–Trinajstić information content (AvgIpc) is 3.02. The van der Waals surface area contributed by atoms with Gasteiger partial charge >= 0.3 is 0 Å². The molecule has 6 heteroatoms. The van der Waals surface area contributed by atoms with Crippen LogP contribution in [0.4, 0.5) is 4.39 Å². The SMILES string of the molecule is COc1ccc(CN(C)CC(=O)N2CCc3sccc3C2)cc1F. The van der Waals surface area contributed by atoms with Crippen molar-refractivity contribution in [2.24, 2.45) is 0 Å². The van der Waals surface area contributed by atoms with Gasteiger partial charge in [0.1, 0.15) is 0 Å². The third-order valence-electron chi connectivity index (χ3n) is 4.23. The molecule has 2 aromatic rings. The van der Waals surface area contributed by atoms with Crippen LogP contribution < -0.4 is 4.74 Å². The summed E-state index contributed by atoms with van der Waals surface area (Å²) in [4.78, 5) is 17.7. The molecule has 1 amide bonds. The van der Waals surface area contributed by atoms with E-state index in [0.29, 0.717) is 19.6 Å². The zero-order chi connectivity index (χ0) is 17.1. The molecule has 2 heterocycles. The fourth-order valence-corrected chi connectivity index (χ4v) is 3.86. The van der Waals surface area contributed by atoms with Gasteiger partial charge < -0.3 is 9.64 Å². The van der Waals surface area contributed by atoms with Gasteiger partial charge in [-0.1, -0.05) is 6.07 Å². The van der Waals surface area contributed by atoms with Crippen LogP contribution in [0, 0.1) is 5.82 Å². The van der Waals surface area contributed by atoms with Crippen molar-refractivity contribution in [3.05, 3.63) is 51.5 Å². The van der Waals surface area contributed by atoms with Crippen LogP contribution in [-0.2, 0) is 24.3 Å². The van der Waals surface area contributed by atoms with Gasteiger partial charge in [-0.2, -0.15) is 0 Å². The molecule has 1 aliphatic heterocycles. The Hall–Kier alpha value is -1.92. The van der Waals surface area contributed by atoms with Crippen molar-refractivity contribution in [3.8, 4) is 5.75 Å². The first-order chi connectivity index (χ1) is 11.6. The molecule has 0 unspecified atom stereocenters. The van der Waals surface area contributed by atoms with Gasteiger partial charge in [-0.05, 0) is 48.2 Å². The number of ether oxygens (including phenoxy) is 1. The Bertz CT molecular complexity index is 732. The average molecular weight is 348 g/mol. The van der Waals surface area contributed by atoms with Gasteiger partial charge in [-0.25, -0.2) is 4.39 Å². The third kappa shape index (κ3) is 3.76. The Labute approximate surface area is 145 Å². The first-order valence-corrected chi connectivity index (χ1v) is 8.78. The lowest BCUT2D eigenvalue weighted by molar-refractivity contribution is -0.133. The zero-order valence-electron chi connectivity index (χ0n) is 13.9. The molecule has 1 aliphatic rings. The molecule has 4 nitrogen and oxygen atoms in total. The first-order valence-electron chi connectivity index (χ1n) is 7.91. The van der Waals surface area contributed by atoms with Gasteiger partial charge in [0.2, 0.25) is 5.91 Å². The molecule has 0 N–H and O–H groups in total. The van der Waals surface area contributed by atoms with Crippen molar-refractivity contribution < 1.29 is 13.9 Å². The number of halogens is 1. The van der Waals surface area contributed by atoms with E-state index < -0.39 is 0 Å². The van der Waals surface area contributed by atoms with E-state index >= 15 is 0 Å². The highest BCUT2D eigenvalue weighted by molar-refractivity contribution is 7.10. The summed E-state index contributed by atoms with van der Waals surface area (Å²) in [7, 11) is 3.32. The van der Waals surface area contributed by atoms with E-state index in [2.05, 4.69) is 11.4 Å². The van der Waals surface area contributed by atoms with Crippen molar-refractivity contribution >= 4 is 17.2 Å². The van der Waals surface area contributed by atoms with Crippen LogP contribution >= 0.6 is 11.3 Å². The first kappa shape index (κ1) is 16.9. The van der Waals surface area contributed by atoms with Crippen molar-refractivity contribution in [1.29, 1.82) is 0 Å². The van der Waals surface area contributed by atoms with E-state index in [1.165, 1.54) is 23.6 Å². The predicted molar refractivity (Wildman–Crippen MR) is 92.7 cm³/mol. The van der Waals surface area contributed by atoms with Gasteiger partial charge in [-0.3, -0.25) is 9.69 Å². The molecule has 0 atom stereocenters. The van der Waals surface area contributed by atoms with Crippen LogP contribution in [-0.4, -0.2) is 43.0 Å². The minimum absolute atomic E-state index is 0.114. The second kappa shape index (κ2) is 7.32. The summed E-state index contributed by atoms with van der Waals surface area (Å²) < 4.78 is 18.7. The molecule has 0 radical (unpaired) electrons. The maximum Gasteiger partial charge on any atom is 0.237 e. The lowest BCUT2D eigenvalue weighted by Crippen LogP contribution is -2.41. The number of methoxy groups -OCH3 is 1. The third-order valence-corrected chi connectivity index (χ3v) is 5.26. The Morgan fingerprint density at radius 3 is 3.00 bits per heavy atom. The highest BCUT2D eigenvalue weighted by atomic mass is 32.1. The molecule has 0 aliphatic carbocycles. The summed E-state index contributed by atoms with van der Waals surface area (Å²) in [5, 5.41) is 2.09. The molecule has 0 saturated carbocycles. The van der Waals surface area contributed by atoms with E-state index in [1.54, 1.807) is 17.4 Å². The summed E-state index contributed by atoms with van der Waals surface area (Å²) in [6.45, 7) is 2.32. The molecule has 1 aromatic carbocycles. The lowest BCUT2D eigenvalue weighted by Gasteiger charge is -2.29. The highest BCUT2D eigenvalue weighted by Crippen LogP contribution is 2.24. The monoisotopic (exact) mass is 348 g/mol. The van der Waals surface area contributed by atoms with Crippen LogP contribution in [0.2, 0.25) is 0 Å². The van der Waals surface area contributed by atoms with E-state index in [1.807, 2.05) is 22.9 Å². The number of hydrogen-bond acceptors (Lipinski definition) is 4. The molecular formula is C18H21FN2O2S. The van der Waals surface area contributed by atoms with Crippen molar-refractivity contribution in [2.45, 2.75) is 19.5 Å². The number of likely N-dealkylation sites (N-methyl/N-ethyl adjacent to an activating group) is 1. The molecule has 3 rings (SSSR count). The van der Waals surface area contributed by atoms with Gasteiger partial charge in [-0.15, -0.1) is 11.3 Å². The number of amides is 1. The molecule has 128 valence electrons. The normalized spacial score (nSPS) is 13.9. The van der Waals surface area contributed by atoms with E-state index in [4.69, 9.17) is 4.74 Å². The van der Waals surface area contributed by atoms with Crippen molar-refractivity contribution in [2.75, 3.05) is 27.2 Å². The topological polar surface area (TPSA) is 32.8 Å². The van der Waals surface area contributed by atoms with Gasteiger partial charge in [0.15, 0.2) is 11.6 Å². The summed E-state index contributed by atoms with van der Waals surface area (Å²) in [5.74, 6) is -0.0311. The molecule has 0 saturated heterocycles. The summed E-state index contributed by atoms with van der Waals surface area (Å²) >= 11 is 1.76. The second-order valence-electron chi connectivity index (χ2n) is 6.08. The van der Waals surface area contributed by atoms with E-state index in [0.717, 1.165) is 18.5 Å². The largest absolute Gasteiger partial charge is 0.494 e. The number of rotatable bonds is 5. The molecular weight excluding hydrogens is 327 g/mol. The van der Waals surface area contributed by atoms with Gasteiger partial charge in [0.05, 0.1) is 13.7 Å². The Morgan fingerprint density at radius 1 is 1.42 bits per heavy atom. The molecule has 0 fully saturated rings. The van der Waals surface area contributed by atoms with Crippen LogP contribution in [0.1, 0.15) is 16.0 Å². The van der Waals surface area contributed by atoms with Gasteiger partial charge in [0, 0.05) is 24.5 Å². The van der Waals surface area contributed by atoms with Crippen molar-refractivity contribution in [1.82, 2.24) is 9.80 Å². The minimum Gasteiger partial charge on any atom is -0.494 e. The summed E-state index contributed by atoms with van der Waals surface area (Å²) in [6.07, 6.45) is 0.937. The molecule has 0 bridgehead atoms. The standard InChI is InChI=1S/C18H21FN2O2S/c1-20(10-13-3-4-16(23-2)15(19)9-13)12-18(22)21-7-5-17-14(11-21)6-8-24-17/h3-4,6,8-9H,5,7,10-12H2,1-2H3. The fourth-order valence-electron chi connectivity index (χ4n) is 2.97. The smallest absolute Gasteiger partial charge is 0.237 e. The molecule has 0 spiro atoms. The van der Waals surface area contributed by atoms with Crippen molar-refractivity contribution in [3.63, 3.8) is 0 Å². The van der Waals surface area contributed by atoms with Crippen LogP contribution in [0.3, 0.4) is 0 Å². The Kier molecular flexibility index (Phi) is 5.16. The predicted octanol–water partition coefficient (Wildman–Crippen LogP) is 2.91. The van der Waals surface area contributed by atoms with E-state index in [9.17, 15) is 9.18 Å². The quantitative estimate of drug-likeness (QED) is 0.833. The Balaban J connectivity index is 1.56. The van der Waals surface area contributed by atoms with Crippen LogP contribution in [0.5, 0.6) is 5.75 Å². The number of carbonyl (C=O) groups is 1. The second-order valence-corrected chi connectivity index (χ2v) is 7.08. The number of fused-ring (bicyclic) bond motifs is 1. The van der Waals surface area contributed by atoms with E-state index in [-0.39, 0.29) is 17.5 Å². The summed E-state index contributed by atoms with van der Waals surface area (Å²) in [6, 6.07) is 6.99. The number of thiophene rings is 1. The number of hydrogen-bond donors (Lipinski definition) is 0. The summed E-state index contributed by atoms with van der Waals surface area (Å²) in [5.41, 5.74) is 2.09. The fraction of sp³-hybridized carbons (Fsp3) is 0.389. The van der Waals surface area contributed by atoms with Crippen LogP contribution in [0.25, 0.3) is 0 Å². The maximum atomic E-state index is 13.7. The lowest BCUT2D eigenvalue weighted by atomic mass is 10.1. The van der Waals surface area contributed by atoms with Gasteiger partial charge in [0.25, 0.3) is 0 Å².